The fourth-order valence-electron chi connectivity index (χ4n) is 0.872. The lowest BCUT2D eigenvalue weighted by molar-refractivity contribution is 0.112. The number of rotatable bonds is 4. The van der Waals surface area contributed by atoms with Crippen molar-refractivity contribution in [3.05, 3.63) is 29.3 Å². The lowest BCUT2D eigenvalue weighted by Crippen LogP contribution is -2.11. The molecule has 0 heterocycles. The van der Waals surface area contributed by atoms with Crippen LogP contribution in [0.3, 0.4) is 0 Å². The molecule has 1 aromatic rings. The SMILES string of the molecule is [3H]c1cc(C#N)cc(OS(=O)(=O)CF)c1C=O. The molecule has 84 valence electrons. The Labute approximate surface area is 92.6 Å². The Morgan fingerprint density at radius 1 is 1.69 bits per heavy atom. The predicted molar refractivity (Wildman–Crippen MR) is 52.1 cm³/mol. The number of nitrogens with zero attached hydrogens (tertiary/aromatic N) is 1. The molecule has 0 N–H and O–H groups in total. The van der Waals surface area contributed by atoms with Crippen LogP contribution in [0.2, 0.25) is 0 Å². The topological polar surface area (TPSA) is 84.2 Å². The van der Waals surface area contributed by atoms with E-state index < -0.39 is 21.9 Å². The summed E-state index contributed by atoms with van der Waals surface area (Å²) in [6.07, 6.45) is 0.201. The third-order valence-electron chi connectivity index (χ3n) is 1.53. The van der Waals surface area contributed by atoms with Gasteiger partial charge >= 0.3 is 10.1 Å². The van der Waals surface area contributed by atoms with Gasteiger partial charge in [-0.25, -0.2) is 4.39 Å². The number of halogens is 1. The molecule has 0 atom stereocenters. The average molecular weight is 245 g/mol. The maximum atomic E-state index is 12.1. The Morgan fingerprint density at radius 2 is 2.38 bits per heavy atom. The Morgan fingerprint density at radius 3 is 2.88 bits per heavy atom. The van der Waals surface area contributed by atoms with E-state index in [1.807, 2.05) is 0 Å². The van der Waals surface area contributed by atoms with Gasteiger partial charge in [-0.05, 0) is 12.1 Å². The minimum absolute atomic E-state index is 0.0651. The molecule has 0 fully saturated rings. The van der Waals surface area contributed by atoms with E-state index in [2.05, 4.69) is 4.18 Å². The first kappa shape index (κ1) is 10.6. The molecular weight excluding hydrogens is 237 g/mol. The Balaban J connectivity index is 3.36. The van der Waals surface area contributed by atoms with Gasteiger partial charge in [0.2, 0.25) is 6.01 Å². The molecule has 0 aliphatic rings. The highest BCUT2D eigenvalue weighted by Crippen LogP contribution is 2.20. The summed E-state index contributed by atoms with van der Waals surface area (Å²) in [6.45, 7) is 0. The highest BCUT2D eigenvalue weighted by Gasteiger charge is 2.15. The standard InChI is InChI=1S/C9H6FNO4S/c10-6-16(13,14)15-9-3-7(4-11)1-2-8(9)5-12/h1-3,5H,6H2/i2T. The molecule has 0 unspecified atom stereocenters. The number of alkyl halides is 1. The highest BCUT2D eigenvalue weighted by atomic mass is 32.2. The van der Waals surface area contributed by atoms with Crippen LogP contribution in [-0.2, 0) is 10.1 Å². The fraction of sp³-hybridized carbons (Fsp3) is 0.111. The summed E-state index contributed by atoms with van der Waals surface area (Å²) in [5, 5.41) is 8.60. The summed E-state index contributed by atoms with van der Waals surface area (Å²) in [5.41, 5.74) is -0.425. The van der Waals surface area contributed by atoms with E-state index in [4.69, 9.17) is 6.63 Å². The summed E-state index contributed by atoms with van der Waals surface area (Å²) in [7, 11) is -4.47. The van der Waals surface area contributed by atoms with Crippen molar-refractivity contribution in [2.45, 2.75) is 0 Å². The Bertz CT molecular complexity index is 594. The van der Waals surface area contributed by atoms with Crippen molar-refractivity contribution in [2.24, 2.45) is 0 Å². The molecule has 0 saturated heterocycles. The lowest BCUT2D eigenvalue weighted by atomic mass is 10.1. The van der Waals surface area contributed by atoms with Crippen LogP contribution in [0.1, 0.15) is 17.3 Å². The van der Waals surface area contributed by atoms with Crippen molar-refractivity contribution in [2.75, 3.05) is 6.01 Å². The second-order valence-electron chi connectivity index (χ2n) is 2.65. The van der Waals surface area contributed by atoms with Gasteiger partial charge in [-0.15, -0.1) is 0 Å². The van der Waals surface area contributed by atoms with Crippen LogP contribution in [0.25, 0.3) is 0 Å². The zero-order valence-electron chi connectivity index (χ0n) is 8.81. The quantitative estimate of drug-likeness (QED) is 0.583. The highest BCUT2D eigenvalue weighted by molar-refractivity contribution is 7.86. The van der Waals surface area contributed by atoms with E-state index in [1.54, 1.807) is 6.07 Å². The summed E-state index contributed by atoms with van der Waals surface area (Å²) in [6, 6.07) is 1.54. The third-order valence-corrected chi connectivity index (χ3v) is 2.23. The van der Waals surface area contributed by atoms with E-state index in [-0.39, 0.29) is 23.5 Å². The molecule has 0 radical (unpaired) electrons. The minimum Gasteiger partial charge on any atom is -0.380 e. The van der Waals surface area contributed by atoms with E-state index >= 15 is 0 Å². The normalized spacial score (nSPS) is 11.4. The summed E-state index contributed by atoms with van der Waals surface area (Å²) >= 11 is 0. The number of aldehydes is 1. The van der Waals surface area contributed by atoms with Crippen LogP contribution in [0.5, 0.6) is 5.75 Å². The van der Waals surface area contributed by atoms with Crippen molar-refractivity contribution >= 4 is 16.4 Å². The van der Waals surface area contributed by atoms with Gasteiger partial charge in [-0.3, -0.25) is 4.79 Å². The number of carbonyl (C=O) groups excluding carboxylic acids is 1. The van der Waals surface area contributed by atoms with Crippen molar-refractivity contribution in [3.8, 4) is 11.8 Å². The van der Waals surface area contributed by atoms with Gasteiger partial charge in [0, 0.05) is 6.07 Å². The van der Waals surface area contributed by atoms with Gasteiger partial charge < -0.3 is 4.18 Å². The minimum atomic E-state index is -4.47. The molecule has 0 amide bonds. The summed E-state index contributed by atoms with van der Waals surface area (Å²) < 4.78 is 45.5. The van der Waals surface area contributed by atoms with Gasteiger partial charge in [0.15, 0.2) is 12.0 Å². The number of hydrogen-bond acceptors (Lipinski definition) is 5. The van der Waals surface area contributed by atoms with Crippen LogP contribution in [-0.4, -0.2) is 20.7 Å². The zero-order valence-corrected chi connectivity index (χ0v) is 8.62. The maximum Gasteiger partial charge on any atom is 0.339 e. The third kappa shape index (κ3) is 2.77. The molecule has 0 aliphatic heterocycles. The Hall–Kier alpha value is -1.94. The first-order valence-electron chi connectivity index (χ1n) is 4.41. The molecule has 7 heteroatoms. The monoisotopic (exact) mass is 245 g/mol. The molecular formula is C9H6FNO4S. The molecule has 16 heavy (non-hydrogen) atoms. The average Bonchev–Trinajstić information content (AvgIpc) is 2.28. The van der Waals surface area contributed by atoms with Crippen molar-refractivity contribution < 1.29 is 23.2 Å². The van der Waals surface area contributed by atoms with Crippen LogP contribution < -0.4 is 4.18 Å². The first-order chi connectivity index (χ1) is 7.93. The zero-order chi connectivity index (χ0) is 13.1. The summed E-state index contributed by atoms with van der Waals surface area (Å²) in [5.74, 6) is -0.526. The number of carbonyl (C=O) groups is 1. The maximum absolute atomic E-state index is 12.1. The second-order valence-corrected chi connectivity index (χ2v) is 4.15. The summed E-state index contributed by atoms with van der Waals surface area (Å²) in [4.78, 5) is 10.7. The molecule has 0 saturated carbocycles. The van der Waals surface area contributed by atoms with Gasteiger partial charge in [0.1, 0.15) is 0 Å². The molecule has 0 aromatic heterocycles. The molecule has 5 nitrogen and oxygen atoms in total. The first-order valence-corrected chi connectivity index (χ1v) is 5.49. The van der Waals surface area contributed by atoms with Gasteiger partial charge in [0.05, 0.1) is 18.6 Å². The lowest BCUT2D eigenvalue weighted by Gasteiger charge is -2.06. The van der Waals surface area contributed by atoms with Gasteiger partial charge in [-0.1, -0.05) is 0 Å². The smallest absolute Gasteiger partial charge is 0.339 e. The van der Waals surface area contributed by atoms with Crippen LogP contribution in [0, 0.1) is 11.3 Å². The molecule has 0 aliphatic carbocycles. The van der Waals surface area contributed by atoms with Gasteiger partial charge in [-0.2, -0.15) is 13.7 Å². The van der Waals surface area contributed by atoms with E-state index in [0.717, 1.165) is 12.1 Å². The van der Waals surface area contributed by atoms with E-state index in [0.29, 0.717) is 0 Å². The largest absolute Gasteiger partial charge is 0.380 e. The van der Waals surface area contributed by atoms with Crippen molar-refractivity contribution in [1.82, 2.24) is 0 Å². The molecule has 0 bridgehead atoms. The van der Waals surface area contributed by atoms with Crippen molar-refractivity contribution in [1.29, 1.82) is 5.26 Å². The number of nitriles is 1. The second kappa shape index (κ2) is 4.72. The number of benzene rings is 1. The number of hydrogen-bond donors (Lipinski definition) is 0. The molecule has 0 spiro atoms. The predicted octanol–water partition coefficient (Wildman–Crippen LogP) is 1.01. The molecule has 1 rings (SSSR count). The molecule has 1 aromatic carbocycles. The van der Waals surface area contributed by atoms with Gasteiger partial charge in [0.25, 0.3) is 0 Å². The van der Waals surface area contributed by atoms with Crippen molar-refractivity contribution in [3.63, 3.8) is 0 Å². The van der Waals surface area contributed by atoms with Crippen LogP contribution in [0.4, 0.5) is 4.39 Å². The Kier molecular flexibility index (Phi) is 3.12. The van der Waals surface area contributed by atoms with Crippen LogP contribution in [0.15, 0.2) is 18.2 Å². The van der Waals surface area contributed by atoms with E-state index in [1.165, 1.54) is 0 Å². The fourth-order valence-corrected chi connectivity index (χ4v) is 1.33. The van der Waals surface area contributed by atoms with Crippen LogP contribution >= 0.6 is 0 Å². The van der Waals surface area contributed by atoms with E-state index in [9.17, 15) is 17.6 Å².